The molecule has 6 nitrogen and oxygen atoms in total. The lowest BCUT2D eigenvalue weighted by Gasteiger charge is -2.35. The zero-order valence-electron chi connectivity index (χ0n) is 17.0. The van der Waals surface area contributed by atoms with E-state index in [-0.39, 0.29) is 18.2 Å². The van der Waals surface area contributed by atoms with Crippen molar-refractivity contribution in [3.05, 3.63) is 52.3 Å². The topological polar surface area (TPSA) is 54.7 Å². The van der Waals surface area contributed by atoms with E-state index in [1.165, 1.54) is 23.5 Å². The highest BCUT2D eigenvalue weighted by Gasteiger charge is 2.37. The van der Waals surface area contributed by atoms with E-state index in [1.54, 1.807) is 7.05 Å². The molecule has 9 heteroatoms. The Labute approximate surface area is 168 Å². The van der Waals surface area contributed by atoms with Gasteiger partial charge in [-0.1, -0.05) is 23.8 Å². The van der Waals surface area contributed by atoms with Crippen LogP contribution in [-0.4, -0.2) is 47.4 Å². The molecule has 1 aliphatic heterocycles. The van der Waals surface area contributed by atoms with E-state index in [0.717, 1.165) is 11.1 Å². The third-order valence-corrected chi connectivity index (χ3v) is 4.96. The molecular weight excluding hydrogens is 383 g/mol. The van der Waals surface area contributed by atoms with Gasteiger partial charge in [0, 0.05) is 38.9 Å². The number of nitrogens with zero attached hydrogens (tertiary/aromatic N) is 4. The van der Waals surface area contributed by atoms with Crippen molar-refractivity contribution in [2.24, 2.45) is 12.0 Å². The molecule has 1 aromatic heterocycles. The van der Waals surface area contributed by atoms with Crippen molar-refractivity contribution in [1.29, 1.82) is 0 Å². The number of aliphatic imine (C=N–C) groups is 1. The van der Waals surface area contributed by atoms with Crippen LogP contribution in [0.2, 0.25) is 0 Å². The molecule has 0 radical (unpaired) electrons. The highest BCUT2D eigenvalue weighted by Crippen LogP contribution is 2.30. The van der Waals surface area contributed by atoms with Gasteiger partial charge in [0.25, 0.3) is 0 Å². The van der Waals surface area contributed by atoms with Crippen LogP contribution in [0.4, 0.5) is 13.2 Å². The number of halogens is 3. The molecule has 158 valence electrons. The number of rotatable bonds is 3. The van der Waals surface area contributed by atoms with Gasteiger partial charge in [0.15, 0.2) is 11.7 Å². The fraction of sp³-hybridized carbons (Fsp3) is 0.500. The summed E-state index contributed by atoms with van der Waals surface area (Å²) in [5.74, 6) is 0.542. The van der Waals surface area contributed by atoms with Crippen LogP contribution in [0.3, 0.4) is 0 Å². The van der Waals surface area contributed by atoms with Crippen molar-refractivity contribution in [1.82, 2.24) is 20.0 Å². The van der Waals surface area contributed by atoms with E-state index in [1.807, 2.05) is 11.8 Å². The van der Waals surface area contributed by atoms with Gasteiger partial charge < -0.3 is 15.0 Å². The van der Waals surface area contributed by atoms with Gasteiger partial charge in [0.1, 0.15) is 6.10 Å². The molecule has 2 heterocycles. The summed E-state index contributed by atoms with van der Waals surface area (Å²) >= 11 is 0. The van der Waals surface area contributed by atoms with Crippen LogP contribution >= 0.6 is 0 Å². The van der Waals surface area contributed by atoms with Crippen LogP contribution in [-0.2, 0) is 24.5 Å². The van der Waals surface area contributed by atoms with Crippen molar-refractivity contribution in [3.8, 4) is 0 Å². The zero-order valence-corrected chi connectivity index (χ0v) is 17.0. The first-order valence-corrected chi connectivity index (χ1v) is 9.43. The second kappa shape index (κ2) is 8.44. The summed E-state index contributed by atoms with van der Waals surface area (Å²) in [6.45, 7) is 5.78. The predicted molar refractivity (Wildman–Crippen MR) is 105 cm³/mol. The first-order valence-electron chi connectivity index (χ1n) is 9.43. The minimum Gasteiger partial charge on any atom is -0.370 e. The molecule has 3 rings (SSSR count). The summed E-state index contributed by atoms with van der Waals surface area (Å²) in [6, 6.07) is 6.24. The summed E-state index contributed by atoms with van der Waals surface area (Å²) in [5.41, 5.74) is 2.67. The lowest BCUT2D eigenvalue weighted by atomic mass is 10.00. The van der Waals surface area contributed by atoms with Gasteiger partial charge in [0.05, 0.1) is 13.2 Å². The minimum atomic E-state index is -4.49. The molecule has 1 aromatic carbocycles. The average Bonchev–Trinajstić information content (AvgIpc) is 3.04. The number of morpholine rings is 1. The highest BCUT2D eigenvalue weighted by atomic mass is 19.4. The SMILES string of the molecule is CN=C(NCc1cn(C)nc1C(F)(F)F)N1CCOC(c2ccc(C)cc2C)C1. The molecule has 0 amide bonds. The number of alkyl halides is 3. The fourth-order valence-electron chi connectivity index (χ4n) is 3.63. The standard InChI is InChI=1S/C20H26F3N5O/c1-13-5-6-16(14(2)9-13)17-12-28(7-8-29-17)19(24-3)25-10-15-11-27(4)26-18(15)20(21,22)23/h5-6,9,11,17H,7-8,10,12H2,1-4H3,(H,24,25). The maximum Gasteiger partial charge on any atom is 0.435 e. The fourth-order valence-corrected chi connectivity index (χ4v) is 3.63. The molecule has 0 spiro atoms. The number of aromatic nitrogens is 2. The number of ether oxygens (including phenoxy) is 1. The minimum absolute atomic E-state index is 0.0130. The monoisotopic (exact) mass is 409 g/mol. The molecule has 0 saturated carbocycles. The third-order valence-electron chi connectivity index (χ3n) is 4.96. The molecule has 0 aliphatic carbocycles. The Bertz CT molecular complexity index is 891. The van der Waals surface area contributed by atoms with Gasteiger partial charge in [-0.25, -0.2) is 0 Å². The highest BCUT2D eigenvalue weighted by molar-refractivity contribution is 5.80. The second-order valence-corrected chi connectivity index (χ2v) is 7.24. The maximum atomic E-state index is 13.2. The van der Waals surface area contributed by atoms with Crippen LogP contribution in [0.1, 0.15) is 34.1 Å². The van der Waals surface area contributed by atoms with Crippen LogP contribution in [0.15, 0.2) is 29.4 Å². The first kappa shape index (κ1) is 21.2. The van der Waals surface area contributed by atoms with Gasteiger partial charge in [-0.2, -0.15) is 18.3 Å². The van der Waals surface area contributed by atoms with Gasteiger partial charge in [-0.15, -0.1) is 0 Å². The lowest BCUT2D eigenvalue weighted by Crippen LogP contribution is -2.48. The number of guanidine groups is 1. The molecule has 2 aromatic rings. The van der Waals surface area contributed by atoms with Gasteiger partial charge in [-0.05, 0) is 25.0 Å². The van der Waals surface area contributed by atoms with Crippen molar-refractivity contribution in [2.45, 2.75) is 32.7 Å². The Balaban J connectivity index is 1.71. The smallest absolute Gasteiger partial charge is 0.370 e. The van der Waals surface area contributed by atoms with Gasteiger partial charge in [0.2, 0.25) is 0 Å². The molecule has 1 aliphatic rings. The number of nitrogens with one attached hydrogen (secondary N) is 1. The van der Waals surface area contributed by atoms with Gasteiger partial charge >= 0.3 is 6.18 Å². The number of aryl methyl sites for hydroxylation is 3. The lowest BCUT2D eigenvalue weighted by molar-refractivity contribution is -0.142. The molecule has 1 atom stereocenters. The summed E-state index contributed by atoms with van der Waals surface area (Å²) in [6.07, 6.45) is -3.23. The van der Waals surface area contributed by atoms with Crippen molar-refractivity contribution < 1.29 is 17.9 Å². The quantitative estimate of drug-likeness (QED) is 0.625. The van der Waals surface area contributed by atoms with Gasteiger partial charge in [-0.3, -0.25) is 9.67 Å². The Morgan fingerprint density at radius 1 is 1.34 bits per heavy atom. The molecule has 1 unspecified atom stereocenters. The van der Waals surface area contributed by atoms with Crippen LogP contribution in [0, 0.1) is 13.8 Å². The second-order valence-electron chi connectivity index (χ2n) is 7.24. The molecule has 1 saturated heterocycles. The molecule has 29 heavy (non-hydrogen) atoms. The average molecular weight is 409 g/mol. The van der Waals surface area contributed by atoms with Crippen LogP contribution in [0.25, 0.3) is 0 Å². The molecule has 1 N–H and O–H groups in total. The Morgan fingerprint density at radius 3 is 2.76 bits per heavy atom. The Hall–Kier alpha value is -2.55. The molecule has 0 bridgehead atoms. The van der Waals surface area contributed by atoms with E-state index in [4.69, 9.17) is 4.74 Å². The number of hydrogen-bond donors (Lipinski definition) is 1. The summed E-state index contributed by atoms with van der Waals surface area (Å²) < 4.78 is 46.6. The van der Waals surface area contributed by atoms with Crippen LogP contribution < -0.4 is 5.32 Å². The van der Waals surface area contributed by atoms with Crippen molar-refractivity contribution in [3.63, 3.8) is 0 Å². The van der Waals surface area contributed by atoms with Crippen molar-refractivity contribution in [2.75, 3.05) is 26.7 Å². The zero-order chi connectivity index (χ0) is 21.2. The summed E-state index contributed by atoms with van der Waals surface area (Å²) in [4.78, 5) is 6.27. The normalized spacial score (nSPS) is 18.2. The van der Waals surface area contributed by atoms with Crippen LogP contribution in [0.5, 0.6) is 0 Å². The van der Waals surface area contributed by atoms with E-state index < -0.39 is 11.9 Å². The van der Waals surface area contributed by atoms with E-state index in [2.05, 4.69) is 40.5 Å². The summed E-state index contributed by atoms with van der Waals surface area (Å²) in [5, 5.41) is 6.59. The number of hydrogen-bond acceptors (Lipinski definition) is 3. The Kier molecular flexibility index (Phi) is 6.16. The third kappa shape index (κ3) is 4.90. The van der Waals surface area contributed by atoms with E-state index >= 15 is 0 Å². The summed E-state index contributed by atoms with van der Waals surface area (Å²) in [7, 11) is 3.10. The molecular formula is C20H26F3N5O. The van der Waals surface area contributed by atoms with E-state index in [0.29, 0.717) is 25.7 Å². The van der Waals surface area contributed by atoms with Crippen molar-refractivity contribution >= 4 is 5.96 Å². The first-order chi connectivity index (χ1) is 13.7. The molecule has 1 fully saturated rings. The predicted octanol–water partition coefficient (Wildman–Crippen LogP) is 3.20. The largest absolute Gasteiger partial charge is 0.435 e. The maximum absolute atomic E-state index is 13.2. The van der Waals surface area contributed by atoms with E-state index in [9.17, 15) is 13.2 Å². The number of benzene rings is 1. The Morgan fingerprint density at radius 2 is 2.10 bits per heavy atom.